The minimum atomic E-state index is -3.42. The third-order valence-electron chi connectivity index (χ3n) is 4.53. The summed E-state index contributed by atoms with van der Waals surface area (Å²) in [5.41, 5.74) is 3.98. The van der Waals surface area contributed by atoms with Crippen LogP contribution in [0.15, 0.2) is 66.9 Å². The molecule has 6 nitrogen and oxygen atoms in total. The van der Waals surface area contributed by atoms with Gasteiger partial charge in [-0.3, -0.25) is 14.5 Å². The first-order chi connectivity index (χ1) is 14.0. The summed E-state index contributed by atoms with van der Waals surface area (Å²) < 4.78 is 25.7. The van der Waals surface area contributed by atoms with Crippen LogP contribution in [-0.4, -0.2) is 25.6 Å². The van der Waals surface area contributed by atoms with Crippen LogP contribution >= 0.6 is 0 Å². The van der Waals surface area contributed by atoms with E-state index < -0.39 is 10.0 Å². The number of amides is 1. The van der Waals surface area contributed by atoms with E-state index in [1.807, 2.05) is 24.3 Å². The minimum absolute atomic E-state index is 0.0462. The van der Waals surface area contributed by atoms with Crippen LogP contribution < -0.4 is 10.0 Å². The van der Waals surface area contributed by atoms with E-state index >= 15 is 0 Å². The maximum absolute atomic E-state index is 12.6. The summed E-state index contributed by atoms with van der Waals surface area (Å²) in [6.45, 7) is 6.41. The van der Waals surface area contributed by atoms with Gasteiger partial charge in [-0.2, -0.15) is 0 Å². The van der Waals surface area contributed by atoms with E-state index in [0.29, 0.717) is 28.2 Å². The predicted octanol–water partition coefficient (Wildman–Crippen LogP) is 4.67. The topological polar surface area (TPSA) is 88.2 Å². The maximum Gasteiger partial charge on any atom is 0.257 e. The van der Waals surface area contributed by atoms with Gasteiger partial charge in [0.2, 0.25) is 10.0 Å². The molecular weight excluding hydrogens is 398 g/mol. The molecule has 3 rings (SSSR count). The van der Waals surface area contributed by atoms with Gasteiger partial charge in [-0.15, -0.1) is 0 Å². The van der Waals surface area contributed by atoms with Gasteiger partial charge in [-0.1, -0.05) is 51.1 Å². The van der Waals surface area contributed by atoms with Crippen LogP contribution in [0.2, 0.25) is 0 Å². The molecule has 0 spiro atoms. The van der Waals surface area contributed by atoms with Crippen LogP contribution in [0.3, 0.4) is 0 Å². The molecule has 0 aliphatic rings. The summed E-state index contributed by atoms with van der Waals surface area (Å²) >= 11 is 0. The number of nitrogens with zero attached hydrogens (tertiary/aromatic N) is 1. The molecule has 0 unspecified atom stereocenters. The highest BCUT2D eigenvalue weighted by Gasteiger charge is 2.14. The quantitative estimate of drug-likeness (QED) is 0.624. The van der Waals surface area contributed by atoms with Crippen molar-refractivity contribution in [2.24, 2.45) is 0 Å². The molecule has 0 radical (unpaired) electrons. The zero-order valence-electron chi connectivity index (χ0n) is 17.4. The molecule has 30 heavy (non-hydrogen) atoms. The molecule has 0 atom stereocenters. The molecule has 1 heterocycles. The Labute approximate surface area is 177 Å². The molecule has 2 aromatic carbocycles. The van der Waals surface area contributed by atoms with E-state index in [-0.39, 0.29) is 11.3 Å². The van der Waals surface area contributed by atoms with Crippen molar-refractivity contribution in [3.63, 3.8) is 0 Å². The highest BCUT2D eigenvalue weighted by atomic mass is 32.2. The smallest absolute Gasteiger partial charge is 0.257 e. The molecule has 2 N–H and O–H groups in total. The molecule has 156 valence electrons. The van der Waals surface area contributed by atoms with Gasteiger partial charge < -0.3 is 5.32 Å². The molecule has 0 saturated carbocycles. The van der Waals surface area contributed by atoms with Gasteiger partial charge in [0, 0.05) is 17.4 Å². The van der Waals surface area contributed by atoms with Crippen LogP contribution in [-0.2, 0) is 15.4 Å². The Hall–Kier alpha value is -3.19. The average molecular weight is 424 g/mol. The van der Waals surface area contributed by atoms with Gasteiger partial charge in [-0.25, -0.2) is 8.42 Å². The van der Waals surface area contributed by atoms with Crippen LogP contribution in [0.5, 0.6) is 0 Å². The molecular formula is C23H25N3O3S. The Morgan fingerprint density at radius 2 is 1.60 bits per heavy atom. The van der Waals surface area contributed by atoms with Crippen LogP contribution in [0.4, 0.5) is 11.4 Å². The van der Waals surface area contributed by atoms with E-state index in [0.717, 1.165) is 6.26 Å². The summed E-state index contributed by atoms with van der Waals surface area (Å²) in [6, 6.07) is 18.1. The fourth-order valence-corrected chi connectivity index (χ4v) is 3.52. The molecule has 1 amide bonds. The van der Waals surface area contributed by atoms with Gasteiger partial charge in [0.25, 0.3) is 5.91 Å². The summed E-state index contributed by atoms with van der Waals surface area (Å²) in [5, 5.41) is 2.87. The summed E-state index contributed by atoms with van der Waals surface area (Å²) in [7, 11) is -3.42. The maximum atomic E-state index is 12.6. The third-order valence-corrected chi connectivity index (χ3v) is 5.12. The second-order valence-corrected chi connectivity index (χ2v) is 9.88. The van der Waals surface area contributed by atoms with Gasteiger partial charge in [-0.05, 0) is 41.3 Å². The Balaban J connectivity index is 1.77. The zero-order chi connectivity index (χ0) is 21.9. The molecule has 0 bridgehead atoms. The molecule has 3 aromatic rings. The van der Waals surface area contributed by atoms with Gasteiger partial charge in [0.15, 0.2) is 0 Å². The van der Waals surface area contributed by atoms with Crippen LogP contribution in [0.25, 0.3) is 11.3 Å². The average Bonchev–Trinajstić information content (AvgIpc) is 2.67. The largest absolute Gasteiger partial charge is 0.322 e. The second-order valence-electron chi connectivity index (χ2n) is 8.13. The Morgan fingerprint density at radius 1 is 0.933 bits per heavy atom. The number of rotatable bonds is 5. The normalized spacial score (nSPS) is 11.7. The van der Waals surface area contributed by atoms with Crippen LogP contribution in [0, 0.1) is 0 Å². The van der Waals surface area contributed by atoms with E-state index in [4.69, 9.17) is 0 Å². The monoisotopic (exact) mass is 423 g/mol. The standard InChI is InChI=1S/C23H25N3O3S/c1-23(2,3)17-10-12-18(13-11-17)25-22(27)16-9-14-20(24-15-16)19-7-5-6-8-21(19)26-30(4,28)29/h5-15,26H,1-4H3,(H,25,27). The first-order valence-electron chi connectivity index (χ1n) is 9.48. The lowest BCUT2D eigenvalue weighted by Gasteiger charge is -2.19. The number of hydrogen-bond donors (Lipinski definition) is 2. The Bertz CT molecular complexity index is 1150. The van der Waals surface area contributed by atoms with E-state index in [9.17, 15) is 13.2 Å². The van der Waals surface area contributed by atoms with Gasteiger partial charge in [0.1, 0.15) is 0 Å². The van der Waals surface area contributed by atoms with Gasteiger partial charge >= 0.3 is 0 Å². The summed E-state index contributed by atoms with van der Waals surface area (Å²) in [5.74, 6) is -0.264. The number of aromatic nitrogens is 1. The van der Waals surface area contributed by atoms with Crippen molar-refractivity contribution in [1.29, 1.82) is 0 Å². The van der Waals surface area contributed by atoms with E-state index in [1.165, 1.54) is 11.8 Å². The number of hydrogen-bond acceptors (Lipinski definition) is 4. The molecule has 0 fully saturated rings. The lowest BCUT2D eigenvalue weighted by Crippen LogP contribution is -2.14. The van der Waals surface area contributed by atoms with Crippen molar-refractivity contribution in [2.75, 3.05) is 16.3 Å². The van der Waals surface area contributed by atoms with E-state index in [2.05, 4.69) is 35.8 Å². The summed E-state index contributed by atoms with van der Waals surface area (Å²) in [4.78, 5) is 16.9. The fourth-order valence-electron chi connectivity index (χ4n) is 2.94. The van der Waals surface area contributed by atoms with Crippen molar-refractivity contribution in [3.05, 3.63) is 78.0 Å². The fraction of sp³-hybridized carbons (Fsp3) is 0.217. The zero-order valence-corrected chi connectivity index (χ0v) is 18.2. The number of carbonyl (C=O) groups excluding carboxylic acids is 1. The van der Waals surface area contributed by atoms with Crippen molar-refractivity contribution < 1.29 is 13.2 Å². The Morgan fingerprint density at radius 3 is 2.17 bits per heavy atom. The number of carbonyl (C=O) groups is 1. The summed E-state index contributed by atoms with van der Waals surface area (Å²) in [6.07, 6.45) is 2.57. The number of pyridine rings is 1. The molecule has 1 aromatic heterocycles. The first-order valence-corrected chi connectivity index (χ1v) is 11.4. The highest BCUT2D eigenvalue weighted by molar-refractivity contribution is 7.92. The molecule has 0 saturated heterocycles. The highest BCUT2D eigenvalue weighted by Crippen LogP contribution is 2.27. The van der Waals surface area contributed by atoms with Crippen LogP contribution in [0.1, 0.15) is 36.7 Å². The molecule has 7 heteroatoms. The molecule has 0 aliphatic carbocycles. The number of nitrogens with one attached hydrogen (secondary N) is 2. The number of para-hydroxylation sites is 1. The van der Waals surface area contributed by atoms with Crippen molar-refractivity contribution in [3.8, 4) is 11.3 Å². The molecule has 0 aliphatic heterocycles. The SMILES string of the molecule is CC(C)(C)c1ccc(NC(=O)c2ccc(-c3ccccc3NS(C)(=O)=O)nc2)cc1. The second kappa shape index (κ2) is 8.28. The minimum Gasteiger partial charge on any atom is -0.322 e. The van der Waals surface area contributed by atoms with E-state index in [1.54, 1.807) is 36.4 Å². The lowest BCUT2D eigenvalue weighted by molar-refractivity contribution is 0.102. The third kappa shape index (κ3) is 5.45. The Kier molecular flexibility index (Phi) is 5.94. The van der Waals surface area contributed by atoms with Gasteiger partial charge in [0.05, 0.1) is 23.2 Å². The van der Waals surface area contributed by atoms with Crippen molar-refractivity contribution >= 4 is 27.3 Å². The number of sulfonamides is 1. The lowest BCUT2D eigenvalue weighted by atomic mass is 9.87. The van der Waals surface area contributed by atoms with Crippen molar-refractivity contribution in [2.45, 2.75) is 26.2 Å². The number of anilines is 2. The first kappa shape index (κ1) is 21.5. The van der Waals surface area contributed by atoms with Crippen molar-refractivity contribution in [1.82, 2.24) is 4.98 Å². The number of benzene rings is 2. The predicted molar refractivity (Wildman–Crippen MR) is 121 cm³/mol.